The Kier molecular flexibility index (Phi) is 4.92. The summed E-state index contributed by atoms with van der Waals surface area (Å²) in [6.07, 6.45) is -0.537. The number of nitrogens with zero attached hydrogens (tertiary/aromatic N) is 3. The van der Waals surface area contributed by atoms with Gasteiger partial charge in [-0.3, -0.25) is 0 Å². The quantitative estimate of drug-likeness (QED) is 0.552. The van der Waals surface area contributed by atoms with Gasteiger partial charge in [-0.2, -0.15) is 0 Å². The second-order valence-corrected chi connectivity index (χ2v) is 2.87. The van der Waals surface area contributed by atoms with Crippen molar-refractivity contribution < 1.29 is 19.1 Å². The first kappa shape index (κ1) is 12.6. The number of nitrogens with two attached hydrogens (primary N) is 2. The van der Waals surface area contributed by atoms with Gasteiger partial charge in [-0.1, -0.05) is 10.2 Å². The highest BCUT2D eigenvalue weighted by atomic mass is 16.5. The first-order chi connectivity index (χ1) is 7.69. The molecule has 1 rings (SSSR count). The van der Waals surface area contributed by atoms with Crippen LogP contribution in [0.2, 0.25) is 0 Å². The Morgan fingerprint density at radius 3 is 2.31 bits per heavy atom. The fourth-order valence-electron chi connectivity index (χ4n) is 1.12. The molecule has 0 fully saturated rings. The van der Waals surface area contributed by atoms with Crippen LogP contribution in [0.15, 0.2) is 10.2 Å². The smallest absolute Gasteiger partial charge is 0.364 e. The largest absolute Gasteiger partial charge is 0.370 e. The van der Waals surface area contributed by atoms with Crippen LogP contribution >= 0.6 is 0 Å². The Hall–Kier alpha value is -1.42. The van der Waals surface area contributed by atoms with Crippen molar-refractivity contribution in [2.45, 2.75) is 6.10 Å². The summed E-state index contributed by atoms with van der Waals surface area (Å²) in [5, 5.41) is 6.20. The van der Waals surface area contributed by atoms with Crippen LogP contribution in [0.3, 0.4) is 0 Å². The number of carbonyl (C=O) groups excluding carboxylic acids is 2. The third kappa shape index (κ3) is 3.31. The summed E-state index contributed by atoms with van der Waals surface area (Å²) in [5.74, 6) is 0. The van der Waals surface area contributed by atoms with Crippen LogP contribution in [0.1, 0.15) is 0 Å². The summed E-state index contributed by atoms with van der Waals surface area (Å²) >= 11 is 0. The van der Waals surface area contributed by atoms with Crippen LogP contribution < -0.4 is 11.5 Å². The predicted molar refractivity (Wildman–Crippen MR) is 51.3 cm³/mol. The Balaban J connectivity index is 2.47. The maximum Gasteiger partial charge on any atom is 0.370 e. The molecule has 1 aliphatic heterocycles. The Bertz CT molecular complexity index is 277. The molecule has 16 heavy (non-hydrogen) atoms. The van der Waals surface area contributed by atoms with E-state index in [0.717, 1.165) is 4.90 Å². The van der Waals surface area contributed by atoms with Gasteiger partial charge in [0.05, 0.1) is 26.6 Å². The molecule has 0 bridgehead atoms. The monoisotopic (exact) mass is 231 g/mol. The van der Waals surface area contributed by atoms with Crippen LogP contribution in [-0.2, 0) is 9.47 Å². The summed E-state index contributed by atoms with van der Waals surface area (Å²) in [5.41, 5.74) is 10.3. The predicted octanol–water partition coefficient (Wildman–Crippen LogP) is -0.772. The van der Waals surface area contributed by atoms with Crippen LogP contribution in [-0.4, -0.2) is 49.7 Å². The lowest BCUT2D eigenvalue weighted by Gasteiger charge is -2.20. The standard InChI is InChI=1S/C7H13N5O4/c8-3-15-2-5(16-4-9)1-12-6(13)10-11-7(12)14/h5H,1-4,8-9H2. The SMILES string of the molecule is NCOCC(CN1C(=O)N=NC1=O)OCN. The van der Waals surface area contributed by atoms with Gasteiger partial charge in [0.25, 0.3) is 0 Å². The van der Waals surface area contributed by atoms with Gasteiger partial charge in [0.15, 0.2) is 0 Å². The summed E-state index contributed by atoms with van der Waals surface area (Å²) in [7, 11) is 0. The zero-order valence-corrected chi connectivity index (χ0v) is 8.54. The summed E-state index contributed by atoms with van der Waals surface area (Å²) < 4.78 is 9.99. The molecule has 9 nitrogen and oxygen atoms in total. The molecule has 0 aromatic rings. The van der Waals surface area contributed by atoms with Gasteiger partial charge in [0.1, 0.15) is 6.10 Å². The fraction of sp³-hybridized carbons (Fsp3) is 0.714. The third-order valence-electron chi connectivity index (χ3n) is 1.82. The minimum atomic E-state index is -0.719. The normalized spacial score (nSPS) is 17.2. The van der Waals surface area contributed by atoms with Crippen LogP contribution in [0.5, 0.6) is 0 Å². The van der Waals surface area contributed by atoms with Gasteiger partial charge >= 0.3 is 12.1 Å². The highest BCUT2D eigenvalue weighted by Crippen LogP contribution is 2.09. The third-order valence-corrected chi connectivity index (χ3v) is 1.82. The van der Waals surface area contributed by atoms with Crippen molar-refractivity contribution in [1.29, 1.82) is 0 Å². The molecule has 0 aromatic carbocycles. The maximum absolute atomic E-state index is 11.1. The molecule has 0 aromatic heterocycles. The van der Waals surface area contributed by atoms with Crippen molar-refractivity contribution in [3.8, 4) is 0 Å². The average molecular weight is 231 g/mol. The van der Waals surface area contributed by atoms with Gasteiger partial charge < -0.3 is 20.9 Å². The minimum Gasteiger partial charge on any atom is -0.364 e. The molecule has 1 unspecified atom stereocenters. The van der Waals surface area contributed by atoms with E-state index in [-0.39, 0.29) is 26.6 Å². The van der Waals surface area contributed by atoms with E-state index in [1.54, 1.807) is 0 Å². The van der Waals surface area contributed by atoms with Crippen molar-refractivity contribution in [3.63, 3.8) is 0 Å². The number of azo groups is 1. The van der Waals surface area contributed by atoms with Crippen molar-refractivity contribution in [1.82, 2.24) is 4.90 Å². The van der Waals surface area contributed by atoms with E-state index < -0.39 is 18.2 Å². The van der Waals surface area contributed by atoms with Crippen LogP contribution in [0.25, 0.3) is 0 Å². The van der Waals surface area contributed by atoms with E-state index in [1.165, 1.54) is 0 Å². The summed E-state index contributed by atoms with van der Waals surface area (Å²) in [4.78, 5) is 23.0. The molecule has 1 aliphatic rings. The highest BCUT2D eigenvalue weighted by Gasteiger charge is 2.30. The lowest BCUT2D eigenvalue weighted by molar-refractivity contribution is -0.0192. The molecule has 1 atom stereocenters. The molecule has 4 amide bonds. The number of rotatable bonds is 7. The van der Waals surface area contributed by atoms with E-state index in [2.05, 4.69) is 10.2 Å². The van der Waals surface area contributed by atoms with Crippen molar-refractivity contribution in [2.24, 2.45) is 21.7 Å². The summed E-state index contributed by atoms with van der Waals surface area (Å²) in [6, 6.07) is -1.44. The number of imide groups is 1. The number of hydrogen-bond donors (Lipinski definition) is 2. The molecule has 90 valence electrons. The van der Waals surface area contributed by atoms with Crippen LogP contribution in [0.4, 0.5) is 9.59 Å². The zero-order chi connectivity index (χ0) is 12.0. The van der Waals surface area contributed by atoms with E-state index >= 15 is 0 Å². The second kappa shape index (κ2) is 6.23. The van der Waals surface area contributed by atoms with Crippen molar-refractivity contribution in [3.05, 3.63) is 0 Å². The van der Waals surface area contributed by atoms with E-state index in [0.29, 0.717) is 0 Å². The molecule has 4 N–H and O–H groups in total. The van der Waals surface area contributed by atoms with Gasteiger partial charge in [-0.15, -0.1) is 0 Å². The van der Waals surface area contributed by atoms with Gasteiger partial charge in [-0.05, 0) is 0 Å². The zero-order valence-electron chi connectivity index (χ0n) is 8.54. The molecule has 0 saturated heterocycles. The fourth-order valence-corrected chi connectivity index (χ4v) is 1.12. The molecule has 9 heteroatoms. The Labute approximate surface area is 91.4 Å². The first-order valence-electron chi connectivity index (χ1n) is 4.55. The van der Waals surface area contributed by atoms with Crippen molar-refractivity contribution >= 4 is 12.1 Å². The van der Waals surface area contributed by atoms with E-state index in [4.69, 9.17) is 20.9 Å². The number of urea groups is 2. The molecule has 1 heterocycles. The molecular weight excluding hydrogens is 218 g/mol. The molecule has 0 aliphatic carbocycles. The number of hydrogen-bond acceptors (Lipinski definition) is 6. The van der Waals surface area contributed by atoms with Gasteiger partial charge in [-0.25, -0.2) is 14.5 Å². The number of ether oxygens (including phenoxy) is 2. The molecule has 0 saturated carbocycles. The number of amides is 4. The molecule has 0 spiro atoms. The summed E-state index contributed by atoms with van der Waals surface area (Å²) in [6.45, 7) is 0.0802. The minimum absolute atomic E-state index is 0.0120. The Morgan fingerprint density at radius 1 is 1.19 bits per heavy atom. The molecular formula is C7H13N5O4. The second-order valence-electron chi connectivity index (χ2n) is 2.87. The Morgan fingerprint density at radius 2 is 1.81 bits per heavy atom. The van der Waals surface area contributed by atoms with Gasteiger partial charge in [0, 0.05) is 0 Å². The lowest BCUT2D eigenvalue weighted by atomic mass is 10.3. The van der Waals surface area contributed by atoms with E-state index in [1.807, 2.05) is 0 Å². The van der Waals surface area contributed by atoms with Crippen LogP contribution in [0, 0.1) is 0 Å². The highest BCUT2D eigenvalue weighted by molar-refractivity contribution is 5.98. The number of carbonyl (C=O) groups is 2. The lowest BCUT2D eigenvalue weighted by Crippen LogP contribution is -2.40. The topological polar surface area (TPSA) is 133 Å². The average Bonchev–Trinajstić information content (AvgIpc) is 2.57. The molecule has 0 radical (unpaired) electrons. The first-order valence-corrected chi connectivity index (χ1v) is 4.55. The van der Waals surface area contributed by atoms with E-state index in [9.17, 15) is 9.59 Å². The maximum atomic E-state index is 11.1. The van der Waals surface area contributed by atoms with Gasteiger partial charge in [0.2, 0.25) is 0 Å². The van der Waals surface area contributed by atoms with Crippen molar-refractivity contribution in [2.75, 3.05) is 26.6 Å².